The molecule has 0 saturated heterocycles. The minimum atomic E-state index is -0.134. The summed E-state index contributed by atoms with van der Waals surface area (Å²) in [7, 11) is 0. The van der Waals surface area contributed by atoms with Crippen LogP contribution in [0.4, 0.5) is 0 Å². The van der Waals surface area contributed by atoms with Crippen molar-refractivity contribution in [1.29, 1.82) is 0 Å². The zero-order chi connectivity index (χ0) is 16.2. The Morgan fingerprint density at radius 2 is 1.96 bits per heavy atom. The highest BCUT2D eigenvalue weighted by molar-refractivity contribution is 5.92. The minimum Gasteiger partial charge on any atom is -0.394 e. The topological polar surface area (TPSA) is 53.4 Å². The van der Waals surface area contributed by atoms with Crippen molar-refractivity contribution in [2.75, 3.05) is 6.61 Å². The summed E-state index contributed by atoms with van der Waals surface area (Å²) >= 11 is 0. The maximum atomic E-state index is 13.0. The molecular formula is C19H22N2O2. The van der Waals surface area contributed by atoms with E-state index in [0.29, 0.717) is 18.2 Å². The smallest absolute Gasteiger partial charge is 0.273 e. The van der Waals surface area contributed by atoms with Crippen molar-refractivity contribution in [3.8, 4) is 0 Å². The minimum absolute atomic E-state index is 0.00490. The van der Waals surface area contributed by atoms with E-state index in [-0.39, 0.29) is 18.6 Å². The summed E-state index contributed by atoms with van der Waals surface area (Å²) in [5.74, 6) is 0.293. The number of aliphatic hydroxyl groups is 1. The zero-order valence-corrected chi connectivity index (χ0v) is 13.4. The highest BCUT2D eigenvalue weighted by Crippen LogP contribution is 2.36. The maximum Gasteiger partial charge on any atom is 0.273 e. The first kappa shape index (κ1) is 15.7. The molecule has 0 unspecified atom stereocenters. The Kier molecular flexibility index (Phi) is 4.72. The first-order chi connectivity index (χ1) is 11.2. The van der Waals surface area contributed by atoms with Gasteiger partial charge in [-0.1, -0.05) is 36.4 Å². The van der Waals surface area contributed by atoms with Crippen LogP contribution >= 0.6 is 0 Å². The molecule has 1 saturated carbocycles. The molecule has 1 amide bonds. The number of rotatable bonds is 6. The first-order valence-corrected chi connectivity index (χ1v) is 8.08. The highest BCUT2D eigenvalue weighted by Gasteiger charge is 2.37. The van der Waals surface area contributed by atoms with Crippen LogP contribution in [0.5, 0.6) is 0 Å². The van der Waals surface area contributed by atoms with Gasteiger partial charge in [-0.2, -0.15) is 0 Å². The van der Waals surface area contributed by atoms with Gasteiger partial charge in [0.25, 0.3) is 5.91 Å². The van der Waals surface area contributed by atoms with E-state index in [1.165, 1.54) is 0 Å². The predicted octanol–water partition coefficient (Wildman–Crippen LogP) is 2.80. The second-order valence-electron chi connectivity index (χ2n) is 6.17. The average Bonchev–Trinajstić information content (AvgIpc) is 3.40. The molecule has 0 aliphatic heterocycles. The van der Waals surface area contributed by atoms with Crippen LogP contribution in [-0.2, 0) is 6.54 Å². The predicted molar refractivity (Wildman–Crippen MR) is 88.9 cm³/mol. The largest absolute Gasteiger partial charge is 0.394 e. The first-order valence-electron chi connectivity index (χ1n) is 8.08. The molecule has 1 aliphatic rings. The van der Waals surface area contributed by atoms with Crippen molar-refractivity contribution in [2.24, 2.45) is 5.92 Å². The molecule has 23 heavy (non-hydrogen) atoms. The lowest BCUT2D eigenvalue weighted by Gasteiger charge is -2.31. The number of hydrogen-bond donors (Lipinski definition) is 1. The van der Waals surface area contributed by atoms with E-state index in [2.05, 4.69) is 4.98 Å². The fourth-order valence-corrected chi connectivity index (χ4v) is 2.91. The van der Waals surface area contributed by atoms with E-state index < -0.39 is 0 Å². The number of aryl methyl sites for hydroxylation is 1. The second kappa shape index (κ2) is 6.92. The summed E-state index contributed by atoms with van der Waals surface area (Å²) < 4.78 is 0. The summed E-state index contributed by atoms with van der Waals surface area (Å²) in [6, 6.07) is 15.2. The van der Waals surface area contributed by atoms with Crippen LogP contribution in [0.25, 0.3) is 0 Å². The zero-order valence-electron chi connectivity index (χ0n) is 13.4. The van der Waals surface area contributed by atoms with Crippen molar-refractivity contribution >= 4 is 5.91 Å². The van der Waals surface area contributed by atoms with Gasteiger partial charge in [-0.05, 0) is 43.4 Å². The van der Waals surface area contributed by atoms with Crippen LogP contribution in [0, 0.1) is 12.8 Å². The number of carbonyl (C=O) groups excluding carboxylic acids is 1. The van der Waals surface area contributed by atoms with Crippen LogP contribution in [0.2, 0.25) is 0 Å². The Bertz CT molecular complexity index is 668. The van der Waals surface area contributed by atoms with Crippen LogP contribution < -0.4 is 0 Å². The van der Waals surface area contributed by atoms with Crippen molar-refractivity contribution in [3.05, 3.63) is 65.5 Å². The quantitative estimate of drug-likeness (QED) is 0.892. The Morgan fingerprint density at radius 1 is 1.22 bits per heavy atom. The molecule has 1 aromatic carbocycles. The fourth-order valence-electron chi connectivity index (χ4n) is 2.91. The lowest BCUT2D eigenvalue weighted by atomic mass is 10.1. The van der Waals surface area contributed by atoms with Gasteiger partial charge in [0.05, 0.1) is 12.6 Å². The number of nitrogens with zero attached hydrogens (tertiary/aromatic N) is 2. The summed E-state index contributed by atoms with van der Waals surface area (Å²) in [5, 5.41) is 9.82. The Morgan fingerprint density at radius 3 is 2.57 bits per heavy atom. The number of benzene rings is 1. The van der Waals surface area contributed by atoms with E-state index in [0.717, 1.165) is 24.1 Å². The van der Waals surface area contributed by atoms with Crippen molar-refractivity contribution in [3.63, 3.8) is 0 Å². The van der Waals surface area contributed by atoms with E-state index in [1.54, 1.807) is 11.0 Å². The van der Waals surface area contributed by atoms with Crippen LogP contribution in [0.1, 0.15) is 34.6 Å². The molecule has 4 heteroatoms. The molecule has 1 atom stereocenters. The van der Waals surface area contributed by atoms with Gasteiger partial charge in [0.2, 0.25) is 0 Å². The van der Waals surface area contributed by atoms with E-state index in [4.69, 9.17) is 0 Å². The summed E-state index contributed by atoms with van der Waals surface area (Å²) in [5.41, 5.74) is 2.33. The standard InChI is InChI=1S/C19H22N2O2/c1-14-6-5-9-17(20-14)19(23)21(18(13-22)16-10-11-16)12-15-7-3-2-4-8-15/h2-9,16,18,22H,10-13H2,1H3/t18-/m0/s1. The normalized spacial score (nSPS) is 15.2. The molecule has 2 aromatic rings. The third kappa shape index (κ3) is 3.77. The molecule has 1 N–H and O–H groups in total. The van der Waals surface area contributed by atoms with Gasteiger partial charge in [-0.25, -0.2) is 4.98 Å². The summed E-state index contributed by atoms with van der Waals surface area (Å²) in [4.78, 5) is 19.1. The lowest BCUT2D eigenvalue weighted by Crippen LogP contribution is -2.43. The van der Waals surface area contributed by atoms with Gasteiger partial charge >= 0.3 is 0 Å². The molecule has 3 rings (SSSR count). The Labute approximate surface area is 136 Å². The van der Waals surface area contributed by atoms with Crippen molar-refractivity contribution < 1.29 is 9.90 Å². The van der Waals surface area contributed by atoms with E-state index in [9.17, 15) is 9.90 Å². The number of hydrogen-bond acceptors (Lipinski definition) is 3. The maximum absolute atomic E-state index is 13.0. The van der Waals surface area contributed by atoms with E-state index in [1.807, 2.05) is 49.4 Å². The Balaban J connectivity index is 1.89. The number of aliphatic hydroxyl groups excluding tert-OH is 1. The molecule has 120 valence electrons. The van der Waals surface area contributed by atoms with Gasteiger partial charge in [0, 0.05) is 12.2 Å². The monoisotopic (exact) mass is 310 g/mol. The van der Waals surface area contributed by atoms with Gasteiger partial charge < -0.3 is 10.0 Å². The molecule has 0 radical (unpaired) electrons. The summed E-state index contributed by atoms with van der Waals surface area (Å²) in [6.07, 6.45) is 2.15. The lowest BCUT2D eigenvalue weighted by molar-refractivity contribution is 0.0525. The SMILES string of the molecule is Cc1cccc(C(=O)N(Cc2ccccc2)[C@@H](CO)C2CC2)n1. The van der Waals surface area contributed by atoms with Crippen LogP contribution in [0.3, 0.4) is 0 Å². The van der Waals surface area contributed by atoms with Crippen LogP contribution in [0.15, 0.2) is 48.5 Å². The molecule has 0 bridgehead atoms. The molecule has 0 spiro atoms. The molecule has 1 aromatic heterocycles. The second-order valence-corrected chi connectivity index (χ2v) is 6.17. The number of aromatic nitrogens is 1. The third-order valence-electron chi connectivity index (χ3n) is 4.32. The molecule has 1 aliphatic carbocycles. The van der Waals surface area contributed by atoms with Crippen molar-refractivity contribution in [2.45, 2.75) is 32.4 Å². The fraction of sp³-hybridized carbons (Fsp3) is 0.368. The molecule has 1 heterocycles. The van der Waals surface area contributed by atoms with E-state index >= 15 is 0 Å². The number of carbonyl (C=O) groups is 1. The van der Waals surface area contributed by atoms with Gasteiger partial charge in [-0.3, -0.25) is 4.79 Å². The third-order valence-corrected chi connectivity index (χ3v) is 4.32. The summed E-state index contributed by atoms with van der Waals surface area (Å²) in [6.45, 7) is 2.37. The van der Waals surface area contributed by atoms with Crippen molar-refractivity contribution in [1.82, 2.24) is 9.88 Å². The van der Waals surface area contributed by atoms with Gasteiger partial charge in [-0.15, -0.1) is 0 Å². The Hall–Kier alpha value is -2.20. The molecule has 4 nitrogen and oxygen atoms in total. The molecular weight excluding hydrogens is 288 g/mol. The number of amides is 1. The number of pyridine rings is 1. The highest BCUT2D eigenvalue weighted by atomic mass is 16.3. The van der Waals surface area contributed by atoms with Crippen LogP contribution in [-0.4, -0.2) is 33.5 Å². The molecule has 1 fully saturated rings. The van der Waals surface area contributed by atoms with Gasteiger partial charge in [0.15, 0.2) is 0 Å². The average molecular weight is 310 g/mol. The van der Waals surface area contributed by atoms with Gasteiger partial charge in [0.1, 0.15) is 5.69 Å².